The van der Waals surface area contributed by atoms with Crippen LogP contribution in [0.15, 0.2) is 0 Å². The summed E-state index contributed by atoms with van der Waals surface area (Å²) >= 11 is 0. The molecule has 0 aromatic carbocycles. The Bertz CT molecular complexity index is 412. The molecule has 0 nitrogen and oxygen atoms in total. The molecular formula is C26H46. The molecule has 7 atom stereocenters. The topological polar surface area (TPSA) is 0 Å². The summed E-state index contributed by atoms with van der Waals surface area (Å²) in [6.45, 7) is 2.32. The average Bonchev–Trinajstić information content (AvgIpc) is 3.19. The molecule has 0 spiro atoms. The molecule has 0 saturated heterocycles. The van der Waals surface area contributed by atoms with Crippen LogP contribution in [0.1, 0.15) is 122 Å². The van der Waals surface area contributed by atoms with Gasteiger partial charge in [0, 0.05) is 0 Å². The molecular weight excluding hydrogens is 312 g/mol. The third kappa shape index (κ3) is 4.35. The summed E-state index contributed by atoms with van der Waals surface area (Å²) in [5.74, 6) is 8.12. The largest absolute Gasteiger partial charge is 0.0654 e. The van der Waals surface area contributed by atoms with Crippen LogP contribution in [0.3, 0.4) is 0 Å². The number of hydrogen-bond donors (Lipinski definition) is 0. The van der Waals surface area contributed by atoms with Crippen molar-refractivity contribution in [3.8, 4) is 0 Å². The predicted molar refractivity (Wildman–Crippen MR) is 113 cm³/mol. The first-order chi connectivity index (χ1) is 12.9. The summed E-state index contributed by atoms with van der Waals surface area (Å²) < 4.78 is 0. The van der Waals surface area contributed by atoms with E-state index < -0.39 is 0 Å². The number of unbranched alkanes of at least 4 members (excludes halogenated alkanes) is 7. The van der Waals surface area contributed by atoms with E-state index >= 15 is 0 Å². The zero-order chi connectivity index (χ0) is 17.8. The summed E-state index contributed by atoms with van der Waals surface area (Å²) in [6, 6.07) is 0. The van der Waals surface area contributed by atoms with Gasteiger partial charge in [0.1, 0.15) is 0 Å². The van der Waals surface area contributed by atoms with E-state index in [0.717, 1.165) is 17.8 Å². The van der Waals surface area contributed by atoms with Crippen LogP contribution >= 0.6 is 0 Å². The monoisotopic (exact) mass is 358 g/mol. The molecule has 4 saturated carbocycles. The second kappa shape index (κ2) is 9.47. The first-order valence-corrected chi connectivity index (χ1v) is 12.9. The Hall–Kier alpha value is 0. The van der Waals surface area contributed by atoms with Crippen LogP contribution < -0.4 is 0 Å². The molecule has 4 fully saturated rings. The van der Waals surface area contributed by atoms with E-state index in [1.54, 1.807) is 64.2 Å². The van der Waals surface area contributed by atoms with Crippen LogP contribution in [-0.2, 0) is 0 Å². The van der Waals surface area contributed by atoms with Crippen molar-refractivity contribution in [2.24, 2.45) is 41.4 Å². The highest BCUT2D eigenvalue weighted by Gasteiger charge is 2.54. The zero-order valence-electron chi connectivity index (χ0n) is 17.8. The van der Waals surface area contributed by atoms with E-state index in [0.29, 0.717) is 0 Å². The summed E-state index contributed by atoms with van der Waals surface area (Å²) in [5.41, 5.74) is 0. The van der Waals surface area contributed by atoms with E-state index in [4.69, 9.17) is 0 Å². The van der Waals surface area contributed by atoms with E-state index in [-0.39, 0.29) is 0 Å². The van der Waals surface area contributed by atoms with Crippen molar-refractivity contribution in [3.05, 3.63) is 0 Å². The van der Waals surface area contributed by atoms with Crippen molar-refractivity contribution < 1.29 is 0 Å². The van der Waals surface area contributed by atoms with Gasteiger partial charge in [0.05, 0.1) is 0 Å². The Kier molecular flexibility index (Phi) is 7.04. The third-order valence-corrected chi connectivity index (χ3v) is 9.38. The molecule has 4 rings (SSSR count). The van der Waals surface area contributed by atoms with E-state index in [9.17, 15) is 0 Å². The molecule has 0 heterocycles. The van der Waals surface area contributed by atoms with Gasteiger partial charge in [-0.15, -0.1) is 0 Å². The van der Waals surface area contributed by atoms with Crippen LogP contribution in [0.4, 0.5) is 0 Å². The van der Waals surface area contributed by atoms with Gasteiger partial charge in [-0.2, -0.15) is 0 Å². The lowest BCUT2D eigenvalue weighted by atomic mass is 9.70. The minimum Gasteiger partial charge on any atom is -0.0654 e. The molecule has 7 unspecified atom stereocenters. The first kappa shape index (κ1) is 19.3. The highest BCUT2D eigenvalue weighted by atomic mass is 14.6. The minimum atomic E-state index is 1.11. The predicted octanol–water partition coefficient (Wildman–Crippen LogP) is 8.40. The van der Waals surface area contributed by atoms with Gasteiger partial charge < -0.3 is 0 Å². The van der Waals surface area contributed by atoms with Gasteiger partial charge in [0.15, 0.2) is 0 Å². The number of rotatable bonds is 9. The lowest BCUT2D eigenvalue weighted by Gasteiger charge is -2.35. The highest BCUT2D eigenvalue weighted by molar-refractivity contribution is 5.03. The average molecular weight is 359 g/mol. The summed E-state index contributed by atoms with van der Waals surface area (Å²) in [6.07, 6.45) is 27.9. The maximum Gasteiger partial charge on any atom is -0.0349 e. The quantitative estimate of drug-likeness (QED) is 0.363. The maximum atomic E-state index is 2.32. The Morgan fingerprint density at radius 1 is 0.538 bits per heavy atom. The standard InChI is InChI=1S/C26H46/c1-2-3-4-5-6-7-8-9-12-20-15-16-24-22(17-20)19-26-23-14-11-10-13-21(23)18-25(24)26/h20-26H,2-19H2,1H3. The summed E-state index contributed by atoms with van der Waals surface area (Å²) in [7, 11) is 0. The molecule has 150 valence electrons. The van der Waals surface area contributed by atoms with Crippen LogP contribution in [0, 0.1) is 41.4 Å². The normalized spacial score (nSPS) is 41.7. The Morgan fingerprint density at radius 2 is 1.19 bits per heavy atom. The summed E-state index contributed by atoms with van der Waals surface area (Å²) in [4.78, 5) is 0. The van der Waals surface area contributed by atoms with Crippen molar-refractivity contribution in [1.82, 2.24) is 0 Å². The van der Waals surface area contributed by atoms with Gasteiger partial charge in [-0.25, -0.2) is 0 Å². The molecule has 0 N–H and O–H groups in total. The third-order valence-electron chi connectivity index (χ3n) is 9.38. The molecule has 4 aliphatic carbocycles. The lowest BCUT2D eigenvalue weighted by molar-refractivity contribution is 0.156. The van der Waals surface area contributed by atoms with E-state index in [2.05, 4.69) is 6.92 Å². The molecule has 0 aliphatic heterocycles. The Labute approximate surface area is 164 Å². The fourth-order valence-electron chi connectivity index (χ4n) is 8.17. The summed E-state index contributed by atoms with van der Waals surface area (Å²) in [5, 5.41) is 0. The van der Waals surface area contributed by atoms with Gasteiger partial charge in [0.25, 0.3) is 0 Å². The Balaban J connectivity index is 1.14. The highest BCUT2D eigenvalue weighted by Crippen LogP contribution is 2.62. The molecule has 0 bridgehead atoms. The van der Waals surface area contributed by atoms with Gasteiger partial charge in [0.2, 0.25) is 0 Å². The van der Waals surface area contributed by atoms with Crippen molar-refractivity contribution in [2.75, 3.05) is 0 Å². The van der Waals surface area contributed by atoms with Gasteiger partial charge in [-0.3, -0.25) is 0 Å². The van der Waals surface area contributed by atoms with Gasteiger partial charge in [-0.1, -0.05) is 90.4 Å². The Morgan fingerprint density at radius 3 is 2.00 bits per heavy atom. The van der Waals surface area contributed by atoms with Crippen LogP contribution in [0.5, 0.6) is 0 Å². The second-order valence-corrected chi connectivity index (χ2v) is 10.9. The molecule has 0 aromatic rings. The van der Waals surface area contributed by atoms with E-state index in [1.165, 1.54) is 75.0 Å². The molecule has 0 radical (unpaired) electrons. The van der Waals surface area contributed by atoms with Crippen LogP contribution in [-0.4, -0.2) is 0 Å². The van der Waals surface area contributed by atoms with Crippen molar-refractivity contribution in [2.45, 2.75) is 122 Å². The van der Waals surface area contributed by atoms with Crippen molar-refractivity contribution >= 4 is 0 Å². The fourth-order valence-corrected chi connectivity index (χ4v) is 8.17. The smallest absolute Gasteiger partial charge is 0.0349 e. The molecule has 0 aromatic heterocycles. The van der Waals surface area contributed by atoms with E-state index in [1.807, 2.05) is 0 Å². The van der Waals surface area contributed by atoms with Crippen molar-refractivity contribution in [1.29, 1.82) is 0 Å². The van der Waals surface area contributed by atoms with Gasteiger partial charge in [-0.05, 0) is 73.5 Å². The molecule has 26 heavy (non-hydrogen) atoms. The lowest BCUT2D eigenvalue weighted by Crippen LogP contribution is -2.25. The van der Waals surface area contributed by atoms with Gasteiger partial charge >= 0.3 is 0 Å². The maximum absolute atomic E-state index is 2.32. The SMILES string of the molecule is CCCCCCCCCCC1CCC2C(C1)CC1C3CCCCC3CC21. The minimum absolute atomic E-state index is 1.11. The number of fused-ring (bicyclic) bond motifs is 5. The second-order valence-electron chi connectivity index (χ2n) is 10.9. The zero-order valence-corrected chi connectivity index (χ0v) is 17.8. The number of hydrogen-bond acceptors (Lipinski definition) is 0. The molecule has 0 heteroatoms. The van der Waals surface area contributed by atoms with Crippen LogP contribution in [0.25, 0.3) is 0 Å². The molecule has 0 amide bonds. The fraction of sp³-hybridized carbons (Fsp3) is 1.00. The molecule has 4 aliphatic rings. The van der Waals surface area contributed by atoms with Crippen LogP contribution in [0.2, 0.25) is 0 Å². The van der Waals surface area contributed by atoms with Crippen molar-refractivity contribution in [3.63, 3.8) is 0 Å². The first-order valence-electron chi connectivity index (χ1n) is 12.9.